The van der Waals surface area contributed by atoms with Crippen molar-refractivity contribution in [3.8, 4) is 0 Å². The number of amidine groups is 1. The molecule has 4 rings (SSSR count). The molecule has 1 aromatic heterocycles. The van der Waals surface area contributed by atoms with Gasteiger partial charge in [-0.05, 0) is 36.2 Å². The van der Waals surface area contributed by atoms with Crippen LogP contribution in [0.1, 0.15) is 11.4 Å². The lowest BCUT2D eigenvalue weighted by Crippen LogP contribution is -2.29. The number of fused-ring (bicyclic) bond motifs is 1. The lowest BCUT2D eigenvalue weighted by Gasteiger charge is -2.18. The van der Waals surface area contributed by atoms with E-state index in [1.165, 1.54) is 0 Å². The zero-order valence-electron chi connectivity index (χ0n) is 13.5. The number of aliphatic hydroxyl groups is 1. The van der Waals surface area contributed by atoms with Crippen LogP contribution in [0.4, 0.5) is 0 Å². The Morgan fingerprint density at radius 3 is 2.68 bits per heavy atom. The highest BCUT2D eigenvalue weighted by Crippen LogP contribution is 2.27. The number of para-hydroxylation sites is 2. The van der Waals surface area contributed by atoms with E-state index < -0.39 is 0 Å². The van der Waals surface area contributed by atoms with Crippen molar-refractivity contribution in [3.63, 3.8) is 0 Å². The fourth-order valence-corrected chi connectivity index (χ4v) is 3.19. The van der Waals surface area contributed by atoms with E-state index in [0.717, 1.165) is 23.0 Å². The minimum absolute atomic E-state index is 0.181. The van der Waals surface area contributed by atoms with Crippen molar-refractivity contribution in [2.75, 3.05) is 13.1 Å². The summed E-state index contributed by atoms with van der Waals surface area (Å²) in [5, 5.41) is 19.5. The van der Waals surface area contributed by atoms with Gasteiger partial charge in [0.05, 0.1) is 23.2 Å². The van der Waals surface area contributed by atoms with E-state index in [4.69, 9.17) is 17.0 Å². The molecule has 3 N–H and O–H groups in total. The van der Waals surface area contributed by atoms with E-state index >= 15 is 0 Å². The number of imidazole rings is 1. The molecule has 1 aliphatic heterocycles. The first-order valence-corrected chi connectivity index (χ1v) is 8.45. The molecule has 0 aliphatic carbocycles. The quantitative estimate of drug-likeness (QED) is 0.663. The van der Waals surface area contributed by atoms with Gasteiger partial charge in [0.25, 0.3) is 0 Å². The molecule has 2 aromatic carbocycles. The van der Waals surface area contributed by atoms with Crippen LogP contribution in [-0.2, 0) is 6.42 Å². The molecule has 0 radical (unpaired) electrons. The average molecular weight is 353 g/mol. The van der Waals surface area contributed by atoms with Crippen LogP contribution < -0.4 is 0 Å². The van der Waals surface area contributed by atoms with Crippen molar-refractivity contribution in [1.29, 1.82) is 5.41 Å². The Labute approximate surface area is 150 Å². The molecule has 126 valence electrons. The number of benzene rings is 2. The van der Waals surface area contributed by atoms with Crippen molar-refractivity contribution < 1.29 is 5.11 Å². The summed E-state index contributed by atoms with van der Waals surface area (Å²) in [6, 6.07) is 15.4. The Morgan fingerprint density at radius 2 is 1.92 bits per heavy atom. The van der Waals surface area contributed by atoms with E-state index in [9.17, 15) is 5.11 Å². The molecule has 0 spiro atoms. The van der Waals surface area contributed by atoms with Gasteiger partial charge in [-0.3, -0.25) is 5.41 Å². The van der Waals surface area contributed by atoms with Gasteiger partial charge in [0.2, 0.25) is 0 Å². The van der Waals surface area contributed by atoms with Gasteiger partial charge in [-0.1, -0.05) is 35.9 Å². The molecule has 1 aliphatic rings. The van der Waals surface area contributed by atoms with Gasteiger partial charge < -0.3 is 15.0 Å². The smallest absolute Gasteiger partial charge is 0.145 e. The minimum Gasteiger partial charge on any atom is -0.510 e. The van der Waals surface area contributed by atoms with Gasteiger partial charge >= 0.3 is 0 Å². The van der Waals surface area contributed by atoms with E-state index in [1.54, 1.807) is 0 Å². The van der Waals surface area contributed by atoms with E-state index in [0.29, 0.717) is 35.3 Å². The van der Waals surface area contributed by atoms with Crippen LogP contribution in [0.25, 0.3) is 16.6 Å². The van der Waals surface area contributed by atoms with Crippen LogP contribution in [-0.4, -0.2) is 38.9 Å². The van der Waals surface area contributed by atoms with E-state index in [2.05, 4.69) is 9.97 Å². The highest BCUT2D eigenvalue weighted by molar-refractivity contribution is 6.30. The first-order chi connectivity index (χ1) is 12.1. The first kappa shape index (κ1) is 15.7. The molecular formula is C19H17ClN4O. The van der Waals surface area contributed by atoms with Crippen LogP contribution in [0.15, 0.2) is 54.3 Å². The molecule has 5 nitrogen and oxygen atoms in total. The molecule has 0 atom stereocenters. The predicted octanol–water partition coefficient (Wildman–Crippen LogP) is 4.02. The Hall–Kier alpha value is -2.79. The highest BCUT2D eigenvalue weighted by Gasteiger charge is 2.29. The largest absolute Gasteiger partial charge is 0.510 e. The third kappa shape index (κ3) is 2.98. The maximum Gasteiger partial charge on any atom is 0.145 e. The molecule has 0 fully saturated rings. The Kier molecular flexibility index (Phi) is 3.93. The SMILES string of the molecule is N=C1C(c2nc3ccccc3[nH]2)=C(O)CN1CCc1ccc(Cl)cc1. The number of aromatic amines is 1. The van der Waals surface area contributed by atoms with Crippen molar-refractivity contribution in [2.45, 2.75) is 6.42 Å². The topological polar surface area (TPSA) is 76.0 Å². The molecule has 0 saturated heterocycles. The molecule has 25 heavy (non-hydrogen) atoms. The van der Waals surface area contributed by atoms with Crippen molar-refractivity contribution in [1.82, 2.24) is 14.9 Å². The molecule has 2 heterocycles. The van der Waals surface area contributed by atoms with Crippen molar-refractivity contribution in [3.05, 3.63) is 70.7 Å². The van der Waals surface area contributed by atoms with Gasteiger partial charge in [0.15, 0.2) is 0 Å². The summed E-state index contributed by atoms with van der Waals surface area (Å²) in [5.74, 6) is 1.02. The van der Waals surface area contributed by atoms with E-state index in [1.807, 2.05) is 53.4 Å². The molecular weight excluding hydrogens is 336 g/mol. The standard InChI is InChI=1S/C19H17ClN4O/c20-13-7-5-12(6-8-13)9-10-24-11-16(25)17(18(24)21)19-22-14-3-1-2-4-15(14)23-19/h1-8,21,25H,9-11H2,(H,22,23). The fraction of sp³-hybridized carbons (Fsp3) is 0.158. The van der Waals surface area contributed by atoms with Crippen LogP contribution in [0.3, 0.4) is 0 Å². The Balaban J connectivity index is 1.51. The Morgan fingerprint density at radius 1 is 1.16 bits per heavy atom. The second-order valence-corrected chi connectivity index (χ2v) is 6.51. The molecule has 0 bridgehead atoms. The average Bonchev–Trinajstić information content (AvgIpc) is 3.14. The number of halogens is 1. The number of aromatic nitrogens is 2. The normalized spacial score (nSPS) is 14.8. The summed E-state index contributed by atoms with van der Waals surface area (Å²) in [7, 11) is 0. The van der Waals surface area contributed by atoms with Crippen molar-refractivity contribution >= 4 is 34.0 Å². The molecule has 3 aromatic rings. The number of rotatable bonds is 4. The van der Waals surface area contributed by atoms with Crippen LogP contribution >= 0.6 is 11.6 Å². The highest BCUT2D eigenvalue weighted by atomic mass is 35.5. The summed E-state index contributed by atoms with van der Waals surface area (Å²) in [4.78, 5) is 9.54. The molecule has 6 heteroatoms. The maximum atomic E-state index is 10.4. The summed E-state index contributed by atoms with van der Waals surface area (Å²) in [6.07, 6.45) is 0.778. The number of aliphatic hydroxyl groups excluding tert-OH is 1. The second-order valence-electron chi connectivity index (χ2n) is 6.07. The lowest BCUT2D eigenvalue weighted by atomic mass is 10.1. The zero-order valence-corrected chi connectivity index (χ0v) is 14.2. The maximum absolute atomic E-state index is 10.4. The van der Waals surface area contributed by atoms with Gasteiger partial charge in [0, 0.05) is 11.6 Å². The van der Waals surface area contributed by atoms with Crippen LogP contribution in [0.2, 0.25) is 5.02 Å². The van der Waals surface area contributed by atoms with Gasteiger partial charge in [-0.2, -0.15) is 0 Å². The van der Waals surface area contributed by atoms with Gasteiger partial charge in [0.1, 0.15) is 17.4 Å². The summed E-state index contributed by atoms with van der Waals surface area (Å²) in [5.41, 5.74) is 3.34. The number of nitrogens with one attached hydrogen (secondary N) is 2. The number of hydrogen-bond acceptors (Lipinski definition) is 3. The Bertz CT molecular complexity index is 942. The van der Waals surface area contributed by atoms with E-state index in [-0.39, 0.29) is 5.76 Å². The molecule has 0 unspecified atom stereocenters. The van der Waals surface area contributed by atoms with Gasteiger partial charge in [-0.15, -0.1) is 0 Å². The van der Waals surface area contributed by atoms with Gasteiger partial charge in [-0.25, -0.2) is 4.98 Å². The third-order valence-electron chi connectivity index (χ3n) is 4.39. The monoisotopic (exact) mass is 352 g/mol. The molecule has 0 amide bonds. The lowest BCUT2D eigenvalue weighted by molar-refractivity contribution is 0.351. The second kappa shape index (κ2) is 6.26. The fourth-order valence-electron chi connectivity index (χ4n) is 3.06. The third-order valence-corrected chi connectivity index (χ3v) is 4.64. The summed E-state index contributed by atoms with van der Waals surface area (Å²) < 4.78 is 0. The minimum atomic E-state index is 0.181. The number of nitrogens with zero attached hydrogens (tertiary/aromatic N) is 2. The first-order valence-electron chi connectivity index (χ1n) is 8.07. The van der Waals surface area contributed by atoms with Crippen LogP contribution in [0.5, 0.6) is 0 Å². The summed E-state index contributed by atoms with van der Waals surface area (Å²) in [6.45, 7) is 0.979. The molecule has 0 saturated carbocycles. The predicted molar refractivity (Wildman–Crippen MR) is 100 cm³/mol. The number of hydrogen-bond donors (Lipinski definition) is 3. The number of H-pyrrole nitrogens is 1. The summed E-state index contributed by atoms with van der Waals surface area (Å²) >= 11 is 5.91. The zero-order chi connectivity index (χ0) is 17.4. The van der Waals surface area contributed by atoms with Crippen LogP contribution in [0, 0.1) is 5.41 Å². The van der Waals surface area contributed by atoms with Crippen molar-refractivity contribution in [2.24, 2.45) is 0 Å².